The van der Waals surface area contributed by atoms with Crippen molar-refractivity contribution in [3.05, 3.63) is 78.4 Å². The third-order valence-corrected chi connectivity index (χ3v) is 17.1. The summed E-state index contributed by atoms with van der Waals surface area (Å²) in [6.07, 6.45) is 7.63. The highest BCUT2D eigenvalue weighted by Crippen LogP contribution is 2.46. The number of hydrazone groups is 10. The van der Waals surface area contributed by atoms with Gasteiger partial charge in [-0.2, -0.15) is 72.9 Å². The van der Waals surface area contributed by atoms with E-state index in [0.29, 0.717) is 68.7 Å². The van der Waals surface area contributed by atoms with Gasteiger partial charge in [0.1, 0.15) is 21.5 Å². The summed E-state index contributed by atoms with van der Waals surface area (Å²) in [6, 6.07) is 17.6. The molecule has 10 amide bonds. The van der Waals surface area contributed by atoms with E-state index < -0.39 is 52.8 Å². The molecule has 0 atom stereocenters. The molecule has 0 spiro atoms. The standard InChI is InChI=1S/C11H14N2O7S2.C10H10N2O4S.C9H8N2O.2C7H10N2O3.2C5H8N2O.2C4H6N2O.C3H4N2O/c1-2-7-5-11(14)13(12-7)9-6-8(21(15,16)17)3-4-10(9)22(18,19)20;1-7-6-10(13)12(11-7)8-2-4-9(5-3-8)17(14,15)16;12-9-6-8(10-11-9)7-4-2-1-3-5-7;1-5(11)6-4-7(12)9(8-6)2-3-10;1-3-12-7(11)5-4-6(10)9(2)8-5;1-4-3-5(8)7(2)6-4;1-2-4-3-5(8)7-6-4;1-6-4(7)2-3-5-6;1-3-2-4(7)6-5-3;6-3-1-2-4-5-3/h3-4,6,15-17H,2,5H2,1H3,(H,18,19,20);2-5H,6H2,1H3,(H,14,15,16);1-5H,6H2,(H,11,12);10H,2-4H2,1H3;3-4H2,1-2H3;3H2,1-2H3;2-3H2,1H3,(H,7,8);3H,2H2,1H3;2H2,1H3,(H,6,7);2H,1H2,(H,5,6). The average Bonchev–Trinajstić information content (AvgIpc) is 1.04. The average molecular weight is 1610 g/mol. The molecule has 0 aromatic heterocycles. The van der Waals surface area contributed by atoms with Crippen LogP contribution in [0.4, 0.5) is 11.4 Å². The fraction of sp³-hybridized carbons (Fsp3) is 0.385. The van der Waals surface area contributed by atoms with Crippen LogP contribution < -0.4 is 31.7 Å². The van der Waals surface area contributed by atoms with Crippen LogP contribution in [-0.2, 0) is 82.5 Å². The number of amides is 10. The molecule has 46 heteroatoms. The maximum atomic E-state index is 11.9. The van der Waals surface area contributed by atoms with Crippen molar-refractivity contribution in [3.63, 3.8) is 0 Å². The number of ether oxygens (including phenoxy) is 1. The number of Topliss-reactive ketones (excluding diaryl/α,β-unsaturated/α-hetero) is 1. The van der Waals surface area contributed by atoms with Crippen LogP contribution in [0.2, 0.25) is 0 Å². The van der Waals surface area contributed by atoms with Crippen molar-refractivity contribution in [1.82, 2.24) is 41.7 Å². The lowest BCUT2D eigenvalue weighted by atomic mass is 10.1. The molecule has 10 aliphatic heterocycles. The van der Waals surface area contributed by atoms with Gasteiger partial charge in [0.05, 0.1) is 111 Å². The molecule has 43 nitrogen and oxygen atoms in total. The van der Waals surface area contributed by atoms with Gasteiger partial charge in [-0.3, -0.25) is 61.8 Å². The molecular formula is C65H84N20O23S3. The Kier molecular flexibility index (Phi) is 35.8. The van der Waals surface area contributed by atoms with Crippen molar-refractivity contribution in [2.45, 2.75) is 140 Å². The number of anilines is 2. The molecule has 10 heterocycles. The Balaban J connectivity index is 0.000000267. The number of β-amino-alcohol motifs (C(OH)–C–C–N with tert-alkyl or cyclic N) is 1. The Hall–Kier alpha value is -11.8. The first-order valence-electron chi connectivity index (χ1n) is 33.0. The summed E-state index contributed by atoms with van der Waals surface area (Å²) >= 11 is 0. The Morgan fingerprint density at radius 1 is 0.505 bits per heavy atom. The maximum absolute atomic E-state index is 11.9. The van der Waals surface area contributed by atoms with E-state index >= 15 is 0 Å². The van der Waals surface area contributed by atoms with Crippen molar-refractivity contribution in [3.8, 4) is 0 Å². The maximum Gasteiger partial charge on any atom is 0.355 e. The van der Waals surface area contributed by atoms with Crippen LogP contribution in [0.25, 0.3) is 0 Å². The molecule has 0 bridgehead atoms. The number of carbonyl (C=O) groups is 12. The molecule has 0 radical (unpaired) electrons. The molecule has 3 aromatic rings. The van der Waals surface area contributed by atoms with E-state index in [1.54, 1.807) is 47.3 Å². The minimum Gasteiger partial charge on any atom is -0.461 e. The predicted molar refractivity (Wildman–Crippen MR) is 404 cm³/mol. The Labute approximate surface area is 637 Å². The first-order chi connectivity index (χ1) is 52.1. The second-order valence-electron chi connectivity index (χ2n) is 23.4. The number of ketones is 1. The van der Waals surface area contributed by atoms with Crippen LogP contribution in [-0.4, -0.2) is 235 Å². The monoisotopic (exact) mass is 1610 g/mol. The number of nitrogens with zero attached hydrogens (tertiary/aromatic N) is 16. The van der Waals surface area contributed by atoms with Gasteiger partial charge in [0.2, 0.25) is 47.3 Å². The second kappa shape index (κ2) is 43.4. The molecule has 0 unspecified atom stereocenters. The molecule has 600 valence electrons. The first-order valence-corrected chi connectivity index (χ1v) is 37.4. The van der Waals surface area contributed by atoms with Crippen LogP contribution >= 0.6 is 10.9 Å². The van der Waals surface area contributed by atoms with Crippen molar-refractivity contribution in [1.29, 1.82) is 0 Å². The lowest BCUT2D eigenvalue weighted by Gasteiger charge is -2.22. The van der Waals surface area contributed by atoms with Crippen LogP contribution in [0.1, 0.15) is 131 Å². The number of hydrogen-bond acceptors (Lipinski definition) is 31. The summed E-state index contributed by atoms with van der Waals surface area (Å²) in [6.45, 7) is 12.6. The van der Waals surface area contributed by atoms with Crippen LogP contribution in [0.5, 0.6) is 0 Å². The lowest BCUT2D eigenvalue weighted by molar-refractivity contribution is -0.135. The van der Waals surface area contributed by atoms with Gasteiger partial charge in [-0.1, -0.05) is 44.2 Å². The molecule has 0 aliphatic carbocycles. The minimum atomic E-state index is -4.68. The zero-order chi connectivity index (χ0) is 83.1. The van der Waals surface area contributed by atoms with Crippen molar-refractivity contribution >= 4 is 171 Å². The number of esters is 1. The fourth-order valence-electron chi connectivity index (χ4n) is 8.87. The minimum absolute atomic E-state index is 0.00231. The first kappa shape index (κ1) is 91.6. The number of benzene rings is 3. The van der Waals surface area contributed by atoms with Gasteiger partial charge in [0.15, 0.2) is 11.5 Å². The number of aliphatic hydroxyl groups excluding tert-OH is 1. The largest absolute Gasteiger partial charge is 0.461 e. The van der Waals surface area contributed by atoms with E-state index in [2.05, 4.69) is 77.5 Å². The number of rotatable bonds is 13. The molecule has 0 saturated heterocycles. The summed E-state index contributed by atoms with van der Waals surface area (Å²) < 4.78 is 95.0. The Morgan fingerprint density at radius 3 is 1.43 bits per heavy atom. The molecular weight excluding hydrogens is 1530 g/mol. The third kappa shape index (κ3) is 31.0. The van der Waals surface area contributed by atoms with Gasteiger partial charge in [0, 0.05) is 69.1 Å². The highest BCUT2D eigenvalue weighted by Gasteiger charge is 2.33. The highest BCUT2D eigenvalue weighted by atomic mass is 32.3. The van der Waals surface area contributed by atoms with Crippen LogP contribution in [0, 0.1) is 0 Å². The van der Waals surface area contributed by atoms with Gasteiger partial charge in [-0.05, 0) is 88.6 Å². The van der Waals surface area contributed by atoms with Gasteiger partial charge in [-0.15, -0.1) is 0 Å². The van der Waals surface area contributed by atoms with Crippen molar-refractivity contribution in [2.75, 3.05) is 50.9 Å². The quantitative estimate of drug-likeness (QED) is 0.0868. The summed E-state index contributed by atoms with van der Waals surface area (Å²) in [7, 11) is -8.18. The molecule has 10 aliphatic rings. The van der Waals surface area contributed by atoms with Crippen LogP contribution in [0.15, 0.2) is 138 Å². The smallest absolute Gasteiger partial charge is 0.355 e. The van der Waals surface area contributed by atoms with Crippen molar-refractivity contribution < 1.29 is 107 Å². The van der Waals surface area contributed by atoms with E-state index in [4.69, 9.17) is 9.66 Å². The van der Waals surface area contributed by atoms with E-state index in [-0.39, 0.29) is 120 Å². The van der Waals surface area contributed by atoms with E-state index in [1.807, 2.05) is 51.1 Å². The van der Waals surface area contributed by atoms with Gasteiger partial charge in [0.25, 0.3) is 32.1 Å². The number of aliphatic hydroxyl groups is 1. The molecule has 0 fully saturated rings. The number of carbonyl (C=O) groups excluding carboxylic acids is 12. The molecule has 10 N–H and O–H groups in total. The van der Waals surface area contributed by atoms with Crippen LogP contribution in [0.3, 0.4) is 0 Å². The van der Waals surface area contributed by atoms with E-state index in [9.17, 15) is 92.6 Å². The van der Waals surface area contributed by atoms with Gasteiger partial charge >= 0.3 is 5.97 Å². The summed E-state index contributed by atoms with van der Waals surface area (Å²) in [5, 5.41) is 53.2. The van der Waals surface area contributed by atoms with E-state index in [1.165, 1.54) is 53.3 Å². The highest BCUT2D eigenvalue weighted by molar-refractivity contribution is 8.19. The fourth-order valence-corrected chi connectivity index (χ4v) is 10.5. The van der Waals surface area contributed by atoms with Gasteiger partial charge in [-0.25, -0.2) is 51.5 Å². The Morgan fingerprint density at radius 2 is 1.07 bits per heavy atom. The lowest BCUT2D eigenvalue weighted by Crippen LogP contribution is -2.23. The number of hydrogen-bond donors (Lipinski definition) is 10. The zero-order valence-electron chi connectivity index (χ0n) is 61.7. The summed E-state index contributed by atoms with van der Waals surface area (Å²) in [5.74, 6) is -1.69. The Bertz CT molecular complexity index is 4570. The van der Waals surface area contributed by atoms with Crippen molar-refractivity contribution in [2.24, 2.45) is 51.0 Å². The number of nitrogens with one attached hydrogen (secondary N) is 4. The molecule has 111 heavy (non-hydrogen) atoms. The molecule has 3 aromatic carbocycles. The molecule has 13 rings (SSSR count). The third-order valence-electron chi connectivity index (χ3n) is 14.5. The van der Waals surface area contributed by atoms with E-state index in [0.717, 1.165) is 68.1 Å². The molecule has 0 saturated carbocycles. The SMILES string of the molecule is CC(=O)C1=NN(CCO)C(=O)C1.CC1=NN(C)C(=O)C1.CC1=NN(c2ccc(S(=O)(=O)O)cc2)C(=O)C1.CC1=NNC(=O)C1.CCC1=NN(c2cc(S(O)(O)O)ccc2S(=O)(=O)O)C(=O)C1.CCC1=NNC(=O)C1.CCOC(=O)C1=NN(C)C(=O)C1.CN1N=CCC1=O.O=C1CC(c2ccccc2)=NN1.O=C1CC=NN1. The topological polar surface area (TPSA) is 595 Å². The van der Waals surface area contributed by atoms with Gasteiger partial charge < -0.3 is 23.5 Å². The normalized spacial score (nSPS) is 17.2. The summed E-state index contributed by atoms with van der Waals surface area (Å²) in [4.78, 5) is 128. The second-order valence-corrected chi connectivity index (χ2v) is 27.8. The zero-order valence-corrected chi connectivity index (χ0v) is 64.1. The predicted octanol–water partition coefficient (Wildman–Crippen LogP) is 2.60. The summed E-state index contributed by atoms with van der Waals surface area (Å²) in [5.41, 5.74) is 15.7.